The SMILES string of the molecule is Cc1ccnc(Sc2ccc(S(=O)(=O)N3CCCC3)cc2[N+](=O)[O-])n1. The maximum Gasteiger partial charge on any atom is 0.284 e. The molecule has 0 amide bonds. The van der Waals surface area contributed by atoms with Crippen molar-refractivity contribution in [2.45, 2.75) is 34.7 Å². The van der Waals surface area contributed by atoms with Gasteiger partial charge in [-0.1, -0.05) is 0 Å². The average Bonchev–Trinajstić information content (AvgIpc) is 3.10. The Morgan fingerprint density at radius 2 is 1.96 bits per heavy atom. The van der Waals surface area contributed by atoms with Crippen LogP contribution >= 0.6 is 11.8 Å². The molecule has 25 heavy (non-hydrogen) atoms. The number of rotatable bonds is 5. The van der Waals surface area contributed by atoms with Gasteiger partial charge in [0.2, 0.25) is 10.0 Å². The summed E-state index contributed by atoms with van der Waals surface area (Å²) in [5.74, 6) is 0. The van der Waals surface area contributed by atoms with E-state index in [9.17, 15) is 18.5 Å². The predicted molar refractivity (Wildman–Crippen MR) is 92.0 cm³/mol. The van der Waals surface area contributed by atoms with Gasteiger partial charge < -0.3 is 0 Å². The van der Waals surface area contributed by atoms with Crippen LogP contribution in [0, 0.1) is 17.0 Å². The fourth-order valence-electron chi connectivity index (χ4n) is 2.54. The number of nitrogens with zero attached hydrogens (tertiary/aromatic N) is 4. The van der Waals surface area contributed by atoms with E-state index >= 15 is 0 Å². The van der Waals surface area contributed by atoms with Crippen LogP contribution in [0.1, 0.15) is 18.5 Å². The van der Waals surface area contributed by atoms with Crippen molar-refractivity contribution in [3.63, 3.8) is 0 Å². The highest BCUT2D eigenvalue weighted by Gasteiger charge is 2.29. The lowest BCUT2D eigenvalue weighted by Gasteiger charge is -2.15. The van der Waals surface area contributed by atoms with E-state index in [1.54, 1.807) is 19.2 Å². The topological polar surface area (TPSA) is 106 Å². The van der Waals surface area contributed by atoms with E-state index < -0.39 is 14.9 Å². The molecule has 10 heteroatoms. The minimum Gasteiger partial charge on any atom is -0.258 e. The van der Waals surface area contributed by atoms with Gasteiger partial charge in [-0.3, -0.25) is 10.1 Å². The van der Waals surface area contributed by atoms with Crippen LogP contribution in [0.25, 0.3) is 0 Å². The maximum atomic E-state index is 12.6. The highest BCUT2D eigenvalue weighted by molar-refractivity contribution is 7.99. The molecule has 0 saturated carbocycles. The largest absolute Gasteiger partial charge is 0.284 e. The second-order valence-corrected chi connectivity index (χ2v) is 8.53. The molecule has 8 nitrogen and oxygen atoms in total. The van der Waals surface area contributed by atoms with E-state index in [1.165, 1.54) is 16.4 Å². The summed E-state index contributed by atoms with van der Waals surface area (Å²) in [5.41, 5.74) is 0.476. The number of nitro groups is 1. The lowest BCUT2D eigenvalue weighted by molar-refractivity contribution is -0.388. The number of aromatic nitrogens is 2. The Morgan fingerprint density at radius 1 is 1.24 bits per heavy atom. The molecule has 1 saturated heterocycles. The van der Waals surface area contributed by atoms with Crippen LogP contribution in [-0.4, -0.2) is 40.7 Å². The first-order chi connectivity index (χ1) is 11.9. The van der Waals surface area contributed by atoms with Gasteiger partial charge in [-0.15, -0.1) is 0 Å². The number of sulfonamides is 1. The van der Waals surface area contributed by atoms with Crippen molar-refractivity contribution >= 4 is 27.5 Å². The molecule has 0 aliphatic carbocycles. The minimum absolute atomic E-state index is 0.0596. The number of hydrogen-bond donors (Lipinski definition) is 0. The third kappa shape index (κ3) is 3.80. The Bertz CT molecular complexity index is 911. The third-order valence-corrected chi connectivity index (χ3v) is 6.64. The standard InChI is InChI=1S/C15H16N4O4S2/c1-11-6-7-16-15(17-11)24-14-5-4-12(10-13(14)19(20)21)25(22,23)18-8-2-3-9-18/h4-7,10H,2-3,8-9H2,1H3. The maximum absolute atomic E-state index is 12.6. The van der Waals surface area contributed by atoms with Crippen molar-refractivity contribution in [1.82, 2.24) is 14.3 Å². The van der Waals surface area contributed by atoms with E-state index in [2.05, 4.69) is 9.97 Å². The second-order valence-electron chi connectivity index (χ2n) is 5.58. The molecule has 0 atom stereocenters. The molecule has 0 spiro atoms. The van der Waals surface area contributed by atoms with Crippen molar-refractivity contribution in [3.8, 4) is 0 Å². The van der Waals surface area contributed by atoms with Gasteiger partial charge in [-0.2, -0.15) is 4.31 Å². The number of nitro benzene ring substituents is 1. The molecule has 3 rings (SSSR count). The monoisotopic (exact) mass is 380 g/mol. The van der Waals surface area contributed by atoms with E-state index in [0.29, 0.717) is 23.1 Å². The summed E-state index contributed by atoms with van der Waals surface area (Å²) in [6.45, 7) is 2.69. The van der Waals surface area contributed by atoms with Crippen LogP contribution in [0.5, 0.6) is 0 Å². The molecule has 0 bridgehead atoms. The highest BCUT2D eigenvalue weighted by atomic mass is 32.2. The van der Waals surface area contributed by atoms with Crippen LogP contribution in [0.15, 0.2) is 45.4 Å². The van der Waals surface area contributed by atoms with E-state index in [0.717, 1.165) is 36.4 Å². The molecule has 0 unspecified atom stereocenters. The van der Waals surface area contributed by atoms with Crippen molar-refractivity contribution in [1.29, 1.82) is 0 Å². The predicted octanol–water partition coefficient (Wildman–Crippen LogP) is 2.63. The van der Waals surface area contributed by atoms with E-state index in [-0.39, 0.29) is 10.6 Å². The molecular weight excluding hydrogens is 364 g/mol. The number of benzene rings is 1. The minimum atomic E-state index is -3.70. The van der Waals surface area contributed by atoms with Crippen LogP contribution in [0.4, 0.5) is 5.69 Å². The Kier molecular flexibility index (Phi) is 5.02. The zero-order chi connectivity index (χ0) is 18.0. The zero-order valence-corrected chi connectivity index (χ0v) is 15.1. The third-order valence-electron chi connectivity index (χ3n) is 3.80. The quantitative estimate of drug-likeness (QED) is 0.446. The Hall–Kier alpha value is -2.04. The Balaban J connectivity index is 1.97. The van der Waals surface area contributed by atoms with Crippen LogP contribution < -0.4 is 0 Å². The van der Waals surface area contributed by atoms with Gasteiger partial charge in [0.1, 0.15) is 0 Å². The van der Waals surface area contributed by atoms with Crippen LogP contribution in [-0.2, 0) is 10.0 Å². The van der Waals surface area contributed by atoms with Crippen molar-refractivity contribution in [3.05, 3.63) is 46.3 Å². The normalized spacial score (nSPS) is 15.4. The van der Waals surface area contributed by atoms with Gasteiger partial charge in [0, 0.05) is 31.0 Å². The fourth-order valence-corrected chi connectivity index (χ4v) is 4.95. The first-order valence-electron chi connectivity index (χ1n) is 7.64. The zero-order valence-electron chi connectivity index (χ0n) is 13.5. The molecule has 2 heterocycles. The number of hydrogen-bond acceptors (Lipinski definition) is 7. The summed E-state index contributed by atoms with van der Waals surface area (Å²) < 4.78 is 26.6. The van der Waals surface area contributed by atoms with Crippen LogP contribution in [0.2, 0.25) is 0 Å². The Labute approximate surface area is 149 Å². The molecule has 0 radical (unpaired) electrons. The molecule has 2 aromatic rings. The molecule has 1 aromatic carbocycles. The second kappa shape index (κ2) is 7.06. The van der Waals surface area contributed by atoms with Gasteiger partial charge in [0.15, 0.2) is 5.16 Å². The fraction of sp³-hybridized carbons (Fsp3) is 0.333. The summed E-state index contributed by atoms with van der Waals surface area (Å²) in [7, 11) is -3.70. The lowest BCUT2D eigenvalue weighted by atomic mass is 10.3. The molecule has 132 valence electrons. The summed E-state index contributed by atoms with van der Waals surface area (Å²) in [4.78, 5) is 19.4. The molecule has 1 aromatic heterocycles. The molecule has 1 aliphatic rings. The number of aryl methyl sites for hydroxylation is 1. The van der Waals surface area contributed by atoms with E-state index in [1.807, 2.05) is 0 Å². The van der Waals surface area contributed by atoms with Gasteiger partial charge in [0.25, 0.3) is 5.69 Å². The van der Waals surface area contributed by atoms with Crippen molar-refractivity contribution in [2.75, 3.05) is 13.1 Å². The first kappa shape index (κ1) is 17.8. The smallest absolute Gasteiger partial charge is 0.258 e. The van der Waals surface area contributed by atoms with Crippen LogP contribution in [0.3, 0.4) is 0 Å². The molecule has 1 aliphatic heterocycles. The first-order valence-corrected chi connectivity index (χ1v) is 9.90. The average molecular weight is 380 g/mol. The molecule has 1 fully saturated rings. The highest BCUT2D eigenvalue weighted by Crippen LogP contribution is 2.35. The van der Waals surface area contributed by atoms with Gasteiger partial charge in [-0.25, -0.2) is 18.4 Å². The molecule has 0 N–H and O–H groups in total. The van der Waals surface area contributed by atoms with Crippen molar-refractivity contribution in [2.24, 2.45) is 0 Å². The van der Waals surface area contributed by atoms with Gasteiger partial charge in [-0.05, 0) is 49.7 Å². The lowest BCUT2D eigenvalue weighted by Crippen LogP contribution is -2.27. The summed E-state index contributed by atoms with van der Waals surface area (Å²) in [5, 5.41) is 11.8. The summed E-state index contributed by atoms with van der Waals surface area (Å²) in [6, 6.07) is 5.69. The molecular formula is C15H16N4O4S2. The van der Waals surface area contributed by atoms with Gasteiger partial charge in [0.05, 0.1) is 14.7 Å². The summed E-state index contributed by atoms with van der Waals surface area (Å²) in [6.07, 6.45) is 3.18. The summed E-state index contributed by atoms with van der Waals surface area (Å²) >= 11 is 1.04. The van der Waals surface area contributed by atoms with Gasteiger partial charge >= 0.3 is 0 Å². The van der Waals surface area contributed by atoms with Crippen molar-refractivity contribution < 1.29 is 13.3 Å². The Morgan fingerprint density at radius 3 is 2.60 bits per heavy atom. The van der Waals surface area contributed by atoms with E-state index in [4.69, 9.17) is 0 Å².